The van der Waals surface area contributed by atoms with Gasteiger partial charge in [-0.15, -0.1) is 0 Å². The normalized spacial score (nSPS) is 49.1. The van der Waals surface area contributed by atoms with Crippen molar-refractivity contribution in [2.45, 2.75) is 63.9 Å². The lowest BCUT2D eigenvalue weighted by molar-refractivity contribution is -0.305. The first kappa shape index (κ1) is 15.4. The van der Waals surface area contributed by atoms with Gasteiger partial charge in [-0.3, -0.25) is 4.79 Å². The van der Waals surface area contributed by atoms with E-state index in [9.17, 15) is 15.0 Å². The number of ketones is 1. The molecule has 0 amide bonds. The van der Waals surface area contributed by atoms with Crippen LogP contribution in [0.15, 0.2) is 0 Å². The summed E-state index contributed by atoms with van der Waals surface area (Å²) >= 11 is 0. The van der Waals surface area contributed by atoms with Gasteiger partial charge in [0.2, 0.25) is 0 Å². The molecule has 5 atom stereocenters. The molecule has 0 radical (unpaired) electrons. The van der Waals surface area contributed by atoms with Crippen molar-refractivity contribution in [3.05, 3.63) is 0 Å². The lowest BCUT2D eigenvalue weighted by Crippen LogP contribution is -2.64. The molecule has 5 heteroatoms. The molecule has 0 unspecified atom stereocenters. The quantitative estimate of drug-likeness (QED) is 0.762. The van der Waals surface area contributed by atoms with Crippen molar-refractivity contribution in [3.63, 3.8) is 0 Å². The predicted octanol–water partition coefficient (Wildman–Crippen LogP) is 1.26. The zero-order valence-electron chi connectivity index (χ0n) is 13.1. The molecule has 0 aromatic carbocycles. The standard InChI is InChI=1S/C16H26O5/c1-10(17)11-6-12-8-15(3,19)13(18)9-14(12,2)16(7-11)20-4-5-21-16/h11-13,18-19H,4-9H2,1-3H3/t11-,12+,13-,14-,15+/m0/s1. The highest BCUT2D eigenvalue weighted by Crippen LogP contribution is 2.61. The number of hydrogen-bond acceptors (Lipinski definition) is 5. The van der Waals surface area contributed by atoms with Gasteiger partial charge in [0.15, 0.2) is 5.79 Å². The van der Waals surface area contributed by atoms with Crippen molar-refractivity contribution < 1.29 is 24.5 Å². The maximum atomic E-state index is 11.9. The highest BCUT2D eigenvalue weighted by molar-refractivity contribution is 5.78. The number of carbonyl (C=O) groups excluding carboxylic acids is 1. The van der Waals surface area contributed by atoms with Gasteiger partial charge in [0.1, 0.15) is 5.78 Å². The summed E-state index contributed by atoms with van der Waals surface area (Å²) in [7, 11) is 0. The van der Waals surface area contributed by atoms with Gasteiger partial charge >= 0.3 is 0 Å². The number of ether oxygens (including phenoxy) is 2. The van der Waals surface area contributed by atoms with Crippen LogP contribution in [0, 0.1) is 17.3 Å². The van der Waals surface area contributed by atoms with Crippen LogP contribution < -0.4 is 0 Å². The maximum Gasteiger partial charge on any atom is 0.174 e. The van der Waals surface area contributed by atoms with Crippen LogP contribution in [-0.2, 0) is 14.3 Å². The second-order valence-corrected chi connectivity index (χ2v) is 7.59. The van der Waals surface area contributed by atoms with Crippen LogP contribution in [0.2, 0.25) is 0 Å². The highest BCUT2D eigenvalue weighted by Gasteiger charge is 2.65. The second-order valence-electron chi connectivity index (χ2n) is 7.59. The van der Waals surface area contributed by atoms with Gasteiger partial charge in [-0.1, -0.05) is 6.92 Å². The molecule has 2 N–H and O–H groups in total. The Labute approximate surface area is 125 Å². The van der Waals surface area contributed by atoms with Crippen LogP contribution >= 0.6 is 0 Å². The Morgan fingerprint density at radius 1 is 1.14 bits per heavy atom. The zero-order valence-corrected chi connectivity index (χ0v) is 13.1. The average molecular weight is 298 g/mol. The van der Waals surface area contributed by atoms with Crippen LogP contribution in [0.5, 0.6) is 0 Å². The molecule has 1 heterocycles. The molecule has 3 rings (SSSR count). The molecule has 3 aliphatic rings. The lowest BCUT2D eigenvalue weighted by Gasteiger charge is -2.59. The minimum absolute atomic E-state index is 0.0905. The van der Waals surface area contributed by atoms with Gasteiger partial charge < -0.3 is 19.7 Å². The first-order chi connectivity index (χ1) is 9.70. The third-order valence-corrected chi connectivity index (χ3v) is 6.18. The van der Waals surface area contributed by atoms with Crippen molar-refractivity contribution in [2.24, 2.45) is 17.3 Å². The fraction of sp³-hybridized carbons (Fsp3) is 0.938. The minimum atomic E-state index is -1.11. The third-order valence-electron chi connectivity index (χ3n) is 6.18. The summed E-state index contributed by atoms with van der Waals surface area (Å²) < 4.78 is 12.0. The van der Waals surface area contributed by atoms with Gasteiger partial charge in [0.05, 0.1) is 24.9 Å². The van der Waals surface area contributed by atoms with Crippen molar-refractivity contribution >= 4 is 5.78 Å². The first-order valence-corrected chi connectivity index (χ1v) is 7.89. The molecular formula is C16H26O5. The van der Waals surface area contributed by atoms with Crippen molar-refractivity contribution in [1.82, 2.24) is 0 Å². The van der Waals surface area contributed by atoms with Gasteiger partial charge in [0.25, 0.3) is 0 Å². The molecule has 0 aromatic rings. The first-order valence-electron chi connectivity index (χ1n) is 7.89. The molecule has 1 aliphatic heterocycles. The Morgan fingerprint density at radius 3 is 2.33 bits per heavy atom. The molecule has 0 aromatic heterocycles. The molecule has 21 heavy (non-hydrogen) atoms. The van der Waals surface area contributed by atoms with Crippen LogP contribution in [0.3, 0.4) is 0 Å². The lowest BCUT2D eigenvalue weighted by atomic mass is 9.51. The number of aliphatic hydroxyl groups excluding tert-OH is 1. The number of Topliss-reactive ketones (excluding diaryl/α,β-unsaturated/α-hetero) is 1. The van der Waals surface area contributed by atoms with Gasteiger partial charge in [-0.05, 0) is 39.0 Å². The molecule has 120 valence electrons. The summed E-state index contributed by atoms with van der Waals surface area (Å²) in [5, 5.41) is 20.8. The molecular weight excluding hydrogens is 272 g/mol. The van der Waals surface area contributed by atoms with E-state index in [0.717, 1.165) is 6.42 Å². The Bertz CT molecular complexity index is 440. The second kappa shape index (κ2) is 4.75. The van der Waals surface area contributed by atoms with Crippen molar-refractivity contribution in [3.8, 4) is 0 Å². The summed E-state index contributed by atoms with van der Waals surface area (Å²) in [6, 6.07) is 0. The predicted molar refractivity (Wildman–Crippen MR) is 75.5 cm³/mol. The van der Waals surface area contributed by atoms with Crippen LogP contribution in [-0.4, -0.2) is 46.7 Å². The van der Waals surface area contributed by atoms with E-state index in [-0.39, 0.29) is 23.0 Å². The SMILES string of the molecule is CC(=O)[C@H]1C[C@@H]2C[C@@](C)(O)[C@@H](O)C[C@]2(C)C2(C1)OCCO2. The molecule has 2 saturated carbocycles. The Hall–Kier alpha value is -0.490. The van der Waals surface area contributed by atoms with Crippen LogP contribution in [0.4, 0.5) is 0 Å². The largest absolute Gasteiger partial charge is 0.390 e. The van der Waals surface area contributed by atoms with Crippen molar-refractivity contribution in [1.29, 1.82) is 0 Å². The molecule has 3 fully saturated rings. The smallest absolute Gasteiger partial charge is 0.174 e. The molecule has 2 aliphatic carbocycles. The molecule has 1 saturated heterocycles. The highest BCUT2D eigenvalue weighted by atomic mass is 16.7. The number of rotatable bonds is 1. The van der Waals surface area contributed by atoms with E-state index in [1.807, 2.05) is 0 Å². The zero-order chi connectivity index (χ0) is 15.5. The van der Waals surface area contributed by atoms with E-state index < -0.39 is 17.5 Å². The van der Waals surface area contributed by atoms with E-state index in [1.165, 1.54) is 0 Å². The fourth-order valence-electron chi connectivity index (χ4n) is 4.65. The molecule has 1 spiro atoms. The molecule has 0 bridgehead atoms. The maximum absolute atomic E-state index is 11.9. The van der Waals surface area contributed by atoms with E-state index in [0.29, 0.717) is 32.5 Å². The summed E-state index contributed by atoms with van der Waals surface area (Å²) in [5.74, 6) is -0.617. The number of fused-ring (bicyclic) bond motifs is 2. The van der Waals surface area contributed by atoms with Gasteiger partial charge in [-0.25, -0.2) is 0 Å². The van der Waals surface area contributed by atoms with Crippen LogP contribution in [0.25, 0.3) is 0 Å². The topological polar surface area (TPSA) is 76.0 Å². The number of carbonyl (C=O) groups is 1. The monoisotopic (exact) mass is 298 g/mol. The summed E-state index contributed by atoms with van der Waals surface area (Å²) in [4.78, 5) is 11.9. The number of aliphatic hydroxyl groups is 2. The Balaban J connectivity index is 1.98. The Morgan fingerprint density at radius 2 is 1.76 bits per heavy atom. The molecule has 5 nitrogen and oxygen atoms in total. The Kier molecular flexibility index (Phi) is 3.49. The fourth-order valence-corrected chi connectivity index (χ4v) is 4.65. The van der Waals surface area contributed by atoms with E-state index in [4.69, 9.17) is 9.47 Å². The summed E-state index contributed by atoms with van der Waals surface area (Å²) in [6.07, 6.45) is 1.42. The third kappa shape index (κ3) is 2.17. The minimum Gasteiger partial charge on any atom is -0.390 e. The van der Waals surface area contributed by atoms with E-state index >= 15 is 0 Å². The summed E-state index contributed by atoms with van der Waals surface area (Å²) in [5.41, 5.74) is -1.47. The van der Waals surface area contributed by atoms with Gasteiger partial charge in [0, 0.05) is 17.8 Å². The van der Waals surface area contributed by atoms with Gasteiger partial charge in [-0.2, -0.15) is 0 Å². The summed E-state index contributed by atoms with van der Waals surface area (Å²) in [6.45, 7) is 6.43. The van der Waals surface area contributed by atoms with E-state index in [1.54, 1.807) is 13.8 Å². The van der Waals surface area contributed by atoms with Crippen LogP contribution in [0.1, 0.15) is 46.5 Å². The van der Waals surface area contributed by atoms with E-state index in [2.05, 4.69) is 6.92 Å². The number of hydrogen-bond donors (Lipinski definition) is 2. The van der Waals surface area contributed by atoms with Crippen molar-refractivity contribution in [2.75, 3.05) is 13.2 Å². The average Bonchev–Trinajstić information content (AvgIpc) is 2.83.